The van der Waals surface area contributed by atoms with Gasteiger partial charge in [0.1, 0.15) is 5.54 Å². The minimum atomic E-state index is -1.43. The first-order chi connectivity index (χ1) is 10.3. The van der Waals surface area contributed by atoms with E-state index in [1.54, 1.807) is 0 Å². The van der Waals surface area contributed by atoms with Crippen LogP contribution in [0.1, 0.15) is 12.5 Å². The SMILES string of the molecule is COc1ccc(C2(C)NC(=O)N(CCO)C2=O)cc1[N+](=O)[O-]. The van der Waals surface area contributed by atoms with Crippen molar-refractivity contribution in [2.75, 3.05) is 20.3 Å². The molecule has 0 aliphatic carbocycles. The fraction of sp³-hybridized carbons (Fsp3) is 0.385. The first-order valence-electron chi connectivity index (χ1n) is 6.43. The zero-order chi connectivity index (χ0) is 16.5. The number of imide groups is 1. The Balaban J connectivity index is 2.47. The average Bonchev–Trinajstić information content (AvgIpc) is 2.71. The number of carbonyl (C=O) groups excluding carboxylic acids is 2. The quantitative estimate of drug-likeness (QED) is 0.460. The molecule has 0 saturated carbocycles. The molecule has 3 amide bonds. The van der Waals surface area contributed by atoms with Gasteiger partial charge in [-0.25, -0.2) is 4.79 Å². The summed E-state index contributed by atoms with van der Waals surface area (Å²) in [7, 11) is 1.30. The van der Waals surface area contributed by atoms with Gasteiger partial charge in [0.05, 0.1) is 25.2 Å². The smallest absolute Gasteiger partial charge is 0.325 e. The highest BCUT2D eigenvalue weighted by Crippen LogP contribution is 2.35. The molecule has 1 saturated heterocycles. The number of β-amino-alcohol motifs (C(OH)–C–C–N with tert-alkyl or cyclic N) is 1. The Labute approximate surface area is 125 Å². The maximum absolute atomic E-state index is 12.4. The number of aliphatic hydroxyl groups is 1. The second kappa shape index (κ2) is 5.60. The molecule has 1 unspecified atom stereocenters. The highest BCUT2D eigenvalue weighted by Gasteiger charge is 2.49. The summed E-state index contributed by atoms with van der Waals surface area (Å²) in [6.45, 7) is 0.951. The molecule has 9 heteroatoms. The number of nitrogens with one attached hydrogen (secondary N) is 1. The molecular weight excluding hydrogens is 294 g/mol. The summed E-state index contributed by atoms with van der Waals surface area (Å²) < 4.78 is 4.91. The van der Waals surface area contributed by atoms with Gasteiger partial charge in [-0.05, 0) is 18.6 Å². The topological polar surface area (TPSA) is 122 Å². The summed E-state index contributed by atoms with van der Waals surface area (Å²) in [5.74, 6) is -0.521. The highest BCUT2D eigenvalue weighted by atomic mass is 16.6. The molecule has 2 N–H and O–H groups in total. The van der Waals surface area contributed by atoms with Crippen LogP contribution >= 0.6 is 0 Å². The Hall–Kier alpha value is -2.68. The predicted octanol–water partition coefficient (Wildman–Crippen LogP) is 0.363. The molecule has 1 aromatic rings. The number of nitrogens with zero attached hydrogens (tertiary/aromatic N) is 2. The van der Waals surface area contributed by atoms with Crippen LogP contribution in [0.2, 0.25) is 0 Å². The minimum absolute atomic E-state index is 0.0568. The van der Waals surface area contributed by atoms with E-state index in [1.165, 1.54) is 32.2 Å². The standard InChI is InChI=1S/C13H15N3O6/c1-13(11(18)15(5-6-17)12(19)14-13)8-3-4-10(22-2)9(7-8)16(20)21/h3-4,7,17H,5-6H2,1-2H3,(H,14,19). The number of hydrogen-bond donors (Lipinski definition) is 2. The number of rotatable bonds is 5. The Morgan fingerprint density at radius 3 is 2.68 bits per heavy atom. The molecular formula is C13H15N3O6. The van der Waals surface area contributed by atoms with Crippen molar-refractivity contribution in [3.63, 3.8) is 0 Å². The summed E-state index contributed by atoms with van der Waals surface area (Å²) in [5, 5.41) is 22.5. The lowest BCUT2D eigenvalue weighted by Crippen LogP contribution is -2.41. The van der Waals surface area contributed by atoms with E-state index >= 15 is 0 Å². The predicted molar refractivity (Wildman–Crippen MR) is 74.3 cm³/mol. The van der Waals surface area contributed by atoms with Gasteiger partial charge in [0.15, 0.2) is 5.75 Å². The Kier molecular flexibility index (Phi) is 4.00. The van der Waals surface area contributed by atoms with Crippen LogP contribution < -0.4 is 10.1 Å². The molecule has 9 nitrogen and oxygen atoms in total. The van der Waals surface area contributed by atoms with Crippen LogP contribution in [0, 0.1) is 10.1 Å². The first kappa shape index (κ1) is 15.7. The van der Waals surface area contributed by atoms with E-state index in [0.717, 1.165) is 4.90 Å². The summed E-state index contributed by atoms with van der Waals surface area (Å²) in [5.41, 5.74) is -1.47. The molecule has 1 aliphatic rings. The fourth-order valence-corrected chi connectivity index (χ4v) is 2.34. The van der Waals surface area contributed by atoms with Crippen LogP contribution in [-0.2, 0) is 10.3 Å². The lowest BCUT2D eigenvalue weighted by Gasteiger charge is -2.22. The second-order valence-electron chi connectivity index (χ2n) is 4.88. The molecule has 0 aromatic heterocycles. The summed E-state index contributed by atoms with van der Waals surface area (Å²) >= 11 is 0. The van der Waals surface area contributed by atoms with Crippen LogP contribution in [0.3, 0.4) is 0 Å². The van der Waals surface area contributed by atoms with Crippen molar-refractivity contribution in [2.45, 2.75) is 12.5 Å². The number of nitro groups is 1. The van der Waals surface area contributed by atoms with Crippen LogP contribution in [-0.4, -0.2) is 47.1 Å². The van der Waals surface area contributed by atoms with Gasteiger partial charge in [-0.1, -0.05) is 6.07 Å². The van der Waals surface area contributed by atoms with Crippen molar-refractivity contribution in [3.8, 4) is 5.75 Å². The average molecular weight is 309 g/mol. The molecule has 2 rings (SSSR count). The van der Waals surface area contributed by atoms with Gasteiger partial charge >= 0.3 is 11.7 Å². The molecule has 1 heterocycles. The molecule has 22 heavy (non-hydrogen) atoms. The monoisotopic (exact) mass is 309 g/mol. The van der Waals surface area contributed by atoms with Crippen LogP contribution in [0.5, 0.6) is 5.75 Å². The van der Waals surface area contributed by atoms with E-state index in [1.807, 2.05) is 0 Å². The zero-order valence-corrected chi connectivity index (χ0v) is 12.0. The molecule has 1 fully saturated rings. The zero-order valence-electron chi connectivity index (χ0n) is 12.0. The van der Waals surface area contributed by atoms with Crippen molar-refractivity contribution < 1.29 is 24.4 Å². The first-order valence-corrected chi connectivity index (χ1v) is 6.43. The van der Waals surface area contributed by atoms with Gasteiger partial charge in [-0.15, -0.1) is 0 Å². The normalized spacial score (nSPS) is 21.0. The number of benzene rings is 1. The molecule has 1 aromatic carbocycles. The van der Waals surface area contributed by atoms with E-state index in [-0.39, 0.29) is 30.2 Å². The Bertz CT molecular complexity index is 647. The maximum Gasteiger partial charge on any atom is 0.325 e. The second-order valence-corrected chi connectivity index (χ2v) is 4.88. The van der Waals surface area contributed by atoms with Gasteiger partial charge in [-0.3, -0.25) is 19.8 Å². The third-order valence-corrected chi connectivity index (χ3v) is 3.55. The van der Waals surface area contributed by atoms with Gasteiger partial charge < -0.3 is 15.2 Å². The molecule has 1 atom stereocenters. The number of amides is 3. The molecule has 0 radical (unpaired) electrons. The lowest BCUT2D eigenvalue weighted by atomic mass is 9.91. The van der Waals surface area contributed by atoms with Gasteiger partial charge in [0.2, 0.25) is 0 Å². The van der Waals surface area contributed by atoms with Crippen LogP contribution in [0.15, 0.2) is 18.2 Å². The van der Waals surface area contributed by atoms with E-state index in [2.05, 4.69) is 5.32 Å². The van der Waals surface area contributed by atoms with Gasteiger partial charge in [0.25, 0.3) is 5.91 Å². The molecule has 0 bridgehead atoms. The van der Waals surface area contributed by atoms with Crippen LogP contribution in [0.25, 0.3) is 0 Å². The van der Waals surface area contributed by atoms with Crippen molar-refractivity contribution in [3.05, 3.63) is 33.9 Å². The Morgan fingerprint density at radius 1 is 1.45 bits per heavy atom. The third-order valence-electron chi connectivity index (χ3n) is 3.55. The number of nitro benzene ring substituents is 1. The lowest BCUT2D eigenvalue weighted by molar-refractivity contribution is -0.385. The number of ether oxygens (including phenoxy) is 1. The molecule has 118 valence electrons. The highest BCUT2D eigenvalue weighted by molar-refractivity contribution is 6.07. The maximum atomic E-state index is 12.4. The molecule has 0 spiro atoms. The summed E-state index contributed by atoms with van der Waals surface area (Å²) in [4.78, 5) is 35.5. The van der Waals surface area contributed by atoms with E-state index in [9.17, 15) is 19.7 Å². The van der Waals surface area contributed by atoms with E-state index in [0.29, 0.717) is 0 Å². The Morgan fingerprint density at radius 2 is 2.14 bits per heavy atom. The van der Waals surface area contributed by atoms with Gasteiger partial charge in [-0.2, -0.15) is 0 Å². The summed E-state index contributed by atoms with van der Waals surface area (Å²) in [6.07, 6.45) is 0. The van der Waals surface area contributed by atoms with Crippen LogP contribution in [0.4, 0.5) is 10.5 Å². The summed E-state index contributed by atoms with van der Waals surface area (Å²) in [6, 6.07) is 3.39. The van der Waals surface area contributed by atoms with Crippen molar-refractivity contribution in [1.82, 2.24) is 10.2 Å². The largest absolute Gasteiger partial charge is 0.490 e. The fourth-order valence-electron chi connectivity index (χ4n) is 2.34. The number of urea groups is 1. The number of carbonyl (C=O) groups is 2. The number of methoxy groups -OCH3 is 1. The molecule has 1 aliphatic heterocycles. The third kappa shape index (κ3) is 2.35. The van der Waals surface area contributed by atoms with Crippen molar-refractivity contribution in [2.24, 2.45) is 0 Å². The minimum Gasteiger partial charge on any atom is -0.490 e. The van der Waals surface area contributed by atoms with Crippen molar-refractivity contribution >= 4 is 17.6 Å². The van der Waals surface area contributed by atoms with Gasteiger partial charge in [0, 0.05) is 6.07 Å². The van der Waals surface area contributed by atoms with Crippen molar-refractivity contribution in [1.29, 1.82) is 0 Å². The number of hydrogen-bond acceptors (Lipinski definition) is 6. The number of aliphatic hydroxyl groups excluding tert-OH is 1. The van der Waals surface area contributed by atoms with E-state index in [4.69, 9.17) is 9.84 Å². The van der Waals surface area contributed by atoms with E-state index < -0.39 is 22.4 Å².